The minimum atomic E-state index is -4.55. The van der Waals surface area contributed by atoms with Gasteiger partial charge in [0.05, 0.1) is 16.6 Å². The highest BCUT2D eigenvalue weighted by Crippen LogP contribution is 2.37. The summed E-state index contributed by atoms with van der Waals surface area (Å²) in [5.74, 6) is -0.0192. The predicted molar refractivity (Wildman–Crippen MR) is 115 cm³/mol. The van der Waals surface area contributed by atoms with Crippen molar-refractivity contribution in [2.24, 2.45) is 0 Å². The van der Waals surface area contributed by atoms with Crippen LogP contribution in [-0.2, 0) is 11.0 Å². The number of nitriles is 1. The Labute approximate surface area is 185 Å². The first-order valence-electron chi connectivity index (χ1n) is 9.00. The van der Waals surface area contributed by atoms with Crippen molar-refractivity contribution in [2.45, 2.75) is 13.1 Å². The third-order valence-electron chi connectivity index (χ3n) is 3.80. The molecule has 1 N–H and O–H groups in total. The zero-order chi connectivity index (χ0) is 23.0. The van der Waals surface area contributed by atoms with Crippen molar-refractivity contribution in [1.29, 1.82) is 5.26 Å². The molecule has 5 nitrogen and oxygen atoms in total. The van der Waals surface area contributed by atoms with E-state index in [1.54, 1.807) is 31.2 Å². The Bertz CT molecular complexity index is 1040. The zero-order valence-electron chi connectivity index (χ0n) is 16.4. The summed E-state index contributed by atoms with van der Waals surface area (Å²) in [4.78, 5) is 12.5. The average Bonchev–Trinajstić information content (AvgIpc) is 2.71. The van der Waals surface area contributed by atoms with Gasteiger partial charge in [-0.2, -0.15) is 18.4 Å². The van der Waals surface area contributed by atoms with Crippen molar-refractivity contribution in [3.8, 4) is 17.6 Å². The van der Waals surface area contributed by atoms with Crippen LogP contribution >= 0.6 is 15.9 Å². The summed E-state index contributed by atoms with van der Waals surface area (Å²) in [6, 6.07) is 9.12. The molecular weight excluding hydrogens is 477 g/mol. The number of amides is 1. The van der Waals surface area contributed by atoms with E-state index in [0.717, 1.165) is 12.1 Å². The highest BCUT2D eigenvalue weighted by atomic mass is 79.9. The molecule has 162 valence electrons. The van der Waals surface area contributed by atoms with Crippen LogP contribution in [0.5, 0.6) is 11.5 Å². The fraction of sp³-hybridized carbons (Fsp3) is 0.182. The van der Waals surface area contributed by atoms with Crippen molar-refractivity contribution in [1.82, 2.24) is 0 Å². The predicted octanol–water partition coefficient (Wildman–Crippen LogP) is 5.98. The lowest BCUT2D eigenvalue weighted by Crippen LogP contribution is -2.14. The largest absolute Gasteiger partial charge is 0.490 e. The summed E-state index contributed by atoms with van der Waals surface area (Å²) in [6.45, 7) is 5.98. The molecule has 0 heterocycles. The number of anilines is 1. The van der Waals surface area contributed by atoms with Gasteiger partial charge in [0, 0.05) is 5.69 Å². The normalized spacial score (nSPS) is 11.4. The lowest BCUT2D eigenvalue weighted by atomic mass is 10.1. The van der Waals surface area contributed by atoms with Gasteiger partial charge in [0.15, 0.2) is 11.5 Å². The SMILES string of the molecule is C=CCOc1c(Br)cc(/C=C(\C#N)C(=O)Nc2cccc(C(F)(F)F)c2)cc1OCC. The van der Waals surface area contributed by atoms with Crippen LogP contribution in [0.1, 0.15) is 18.1 Å². The van der Waals surface area contributed by atoms with E-state index in [2.05, 4.69) is 27.8 Å². The summed E-state index contributed by atoms with van der Waals surface area (Å²) in [5, 5.41) is 11.7. The van der Waals surface area contributed by atoms with Gasteiger partial charge in [-0.05, 0) is 64.8 Å². The monoisotopic (exact) mass is 494 g/mol. The second-order valence-electron chi connectivity index (χ2n) is 6.07. The van der Waals surface area contributed by atoms with E-state index >= 15 is 0 Å². The summed E-state index contributed by atoms with van der Waals surface area (Å²) < 4.78 is 50.2. The first kappa shape index (κ1) is 24.0. The topological polar surface area (TPSA) is 71.3 Å². The van der Waals surface area contributed by atoms with E-state index in [4.69, 9.17) is 9.47 Å². The Morgan fingerprint density at radius 3 is 2.65 bits per heavy atom. The van der Waals surface area contributed by atoms with Crippen LogP contribution in [0.15, 0.2) is 59.1 Å². The summed E-state index contributed by atoms with van der Waals surface area (Å²) in [6.07, 6.45) is -1.68. The van der Waals surface area contributed by atoms with Crippen molar-refractivity contribution >= 4 is 33.6 Å². The molecule has 9 heteroatoms. The van der Waals surface area contributed by atoms with Crippen molar-refractivity contribution in [2.75, 3.05) is 18.5 Å². The highest BCUT2D eigenvalue weighted by molar-refractivity contribution is 9.10. The Balaban J connectivity index is 2.33. The number of rotatable bonds is 8. The molecule has 0 spiro atoms. The fourth-order valence-electron chi connectivity index (χ4n) is 2.50. The molecule has 2 aromatic carbocycles. The Kier molecular flexibility index (Phi) is 8.28. The summed E-state index contributed by atoms with van der Waals surface area (Å²) >= 11 is 3.37. The van der Waals surface area contributed by atoms with Gasteiger partial charge in [-0.1, -0.05) is 18.7 Å². The Morgan fingerprint density at radius 2 is 2.03 bits per heavy atom. The number of ether oxygens (including phenoxy) is 2. The molecule has 0 aromatic heterocycles. The van der Waals surface area contributed by atoms with E-state index in [9.17, 15) is 23.2 Å². The van der Waals surface area contributed by atoms with Gasteiger partial charge in [-0.3, -0.25) is 4.79 Å². The number of carbonyl (C=O) groups excluding carboxylic acids is 1. The van der Waals surface area contributed by atoms with E-state index in [1.165, 1.54) is 18.2 Å². The maximum absolute atomic E-state index is 12.9. The van der Waals surface area contributed by atoms with Crippen molar-refractivity contribution in [3.05, 3.63) is 70.2 Å². The first-order valence-corrected chi connectivity index (χ1v) is 9.79. The molecule has 0 saturated heterocycles. The molecule has 0 atom stereocenters. The van der Waals surface area contributed by atoms with Crippen LogP contribution in [0.25, 0.3) is 6.08 Å². The third kappa shape index (κ3) is 6.62. The van der Waals surface area contributed by atoms with Crippen LogP contribution in [-0.4, -0.2) is 19.1 Å². The molecule has 0 bridgehead atoms. The molecule has 2 aromatic rings. The number of benzene rings is 2. The molecule has 0 aliphatic carbocycles. The second-order valence-corrected chi connectivity index (χ2v) is 6.92. The zero-order valence-corrected chi connectivity index (χ0v) is 18.0. The third-order valence-corrected chi connectivity index (χ3v) is 4.39. The van der Waals surface area contributed by atoms with Crippen LogP contribution in [0.4, 0.5) is 18.9 Å². The fourth-order valence-corrected chi connectivity index (χ4v) is 3.08. The molecule has 0 aliphatic heterocycles. The summed E-state index contributed by atoms with van der Waals surface area (Å²) in [5.41, 5.74) is -0.831. The van der Waals surface area contributed by atoms with E-state index in [1.807, 2.05) is 0 Å². The number of nitrogens with one attached hydrogen (secondary N) is 1. The van der Waals surface area contributed by atoms with Gasteiger partial charge in [-0.15, -0.1) is 0 Å². The molecule has 0 radical (unpaired) electrons. The minimum Gasteiger partial charge on any atom is -0.490 e. The quantitative estimate of drug-likeness (QED) is 0.278. The maximum Gasteiger partial charge on any atom is 0.416 e. The van der Waals surface area contributed by atoms with Crippen LogP contribution in [0, 0.1) is 11.3 Å². The van der Waals surface area contributed by atoms with Crippen molar-refractivity contribution < 1.29 is 27.4 Å². The number of hydrogen-bond donors (Lipinski definition) is 1. The Hall–Kier alpha value is -3.25. The highest BCUT2D eigenvalue weighted by Gasteiger charge is 2.30. The van der Waals surface area contributed by atoms with Crippen LogP contribution in [0.3, 0.4) is 0 Å². The number of carbonyl (C=O) groups is 1. The van der Waals surface area contributed by atoms with E-state index in [-0.39, 0.29) is 17.9 Å². The van der Waals surface area contributed by atoms with Gasteiger partial charge in [0.2, 0.25) is 0 Å². The van der Waals surface area contributed by atoms with Crippen molar-refractivity contribution in [3.63, 3.8) is 0 Å². The molecule has 31 heavy (non-hydrogen) atoms. The molecule has 0 fully saturated rings. The number of nitrogens with zero attached hydrogens (tertiary/aromatic N) is 1. The van der Waals surface area contributed by atoms with Crippen LogP contribution in [0.2, 0.25) is 0 Å². The van der Waals surface area contributed by atoms with Gasteiger partial charge in [0.25, 0.3) is 5.91 Å². The number of halogens is 4. The first-order chi connectivity index (χ1) is 14.7. The smallest absolute Gasteiger partial charge is 0.416 e. The standard InChI is InChI=1S/C22H18BrF3N2O3/c1-3-8-31-20-18(23)10-14(11-19(20)30-4-2)9-15(13-27)21(29)28-17-7-5-6-16(12-17)22(24,25)26/h3,5-7,9-12H,1,4,8H2,2H3,(H,28,29)/b15-9+. The molecule has 0 aliphatic rings. The van der Waals surface area contributed by atoms with Gasteiger partial charge >= 0.3 is 6.18 Å². The molecule has 2 rings (SSSR count). The lowest BCUT2D eigenvalue weighted by molar-refractivity contribution is -0.137. The van der Waals surface area contributed by atoms with Gasteiger partial charge < -0.3 is 14.8 Å². The molecule has 0 unspecified atom stereocenters. The molecule has 0 saturated carbocycles. The maximum atomic E-state index is 12.9. The Morgan fingerprint density at radius 1 is 1.29 bits per heavy atom. The van der Waals surface area contributed by atoms with Gasteiger partial charge in [-0.25, -0.2) is 0 Å². The summed E-state index contributed by atoms with van der Waals surface area (Å²) in [7, 11) is 0. The second kappa shape index (κ2) is 10.7. The number of alkyl halides is 3. The van der Waals surface area contributed by atoms with Gasteiger partial charge in [0.1, 0.15) is 18.2 Å². The van der Waals surface area contributed by atoms with E-state index in [0.29, 0.717) is 28.1 Å². The average molecular weight is 495 g/mol. The molecule has 1 amide bonds. The lowest BCUT2D eigenvalue weighted by Gasteiger charge is -2.14. The number of hydrogen-bond acceptors (Lipinski definition) is 4. The van der Waals surface area contributed by atoms with Crippen LogP contribution < -0.4 is 14.8 Å². The molecular formula is C22H18BrF3N2O3. The minimum absolute atomic E-state index is 0.0784. The van der Waals surface area contributed by atoms with E-state index < -0.39 is 17.6 Å².